The molecule has 6 nitrogen and oxygen atoms in total. The Kier molecular flexibility index (Phi) is 4.25. The fourth-order valence-electron chi connectivity index (χ4n) is 2.71. The third kappa shape index (κ3) is 2.89. The highest BCUT2D eigenvalue weighted by Crippen LogP contribution is 2.31. The maximum Gasteiger partial charge on any atom is 0.307 e. The standard InChI is InChI=1S/C14H19NO5S/c1-9-6-12(20-3)7-10(2)13(9)21(18,19)15-5-4-11(8-15)14(16)17/h6-7,11H,4-5,8H2,1-3H3,(H,16,17)/t11-/m0/s1. The number of carboxylic acid groups (broad SMARTS) is 1. The second-order valence-corrected chi connectivity index (χ2v) is 7.15. The average molecular weight is 313 g/mol. The van der Waals surface area contributed by atoms with Crippen LogP contribution in [0.3, 0.4) is 0 Å². The van der Waals surface area contributed by atoms with Crippen LogP contribution in [0.1, 0.15) is 17.5 Å². The van der Waals surface area contributed by atoms with Crippen LogP contribution in [-0.2, 0) is 14.8 Å². The highest BCUT2D eigenvalue weighted by molar-refractivity contribution is 7.89. The Balaban J connectivity index is 2.39. The van der Waals surface area contributed by atoms with Gasteiger partial charge in [-0.2, -0.15) is 4.31 Å². The fourth-order valence-corrected chi connectivity index (χ4v) is 4.62. The molecule has 0 aromatic heterocycles. The van der Waals surface area contributed by atoms with Crippen molar-refractivity contribution in [2.75, 3.05) is 20.2 Å². The maximum atomic E-state index is 12.7. The number of nitrogens with zero attached hydrogens (tertiary/aromatic N) is 1. The van der Waals surface area contributed by atoms with E-state index in [4.69, 9.17) is 9.84 Å². The van der Waals surface area contributed by atoms with E-state index in [1.54, 1.807) is 26.0 Å². The van der Waals surface area contributed by atoms with Crippen molar-refractivity contribution >= 4 is 16.0 Å². The number of hydrogen-bond acceptors (Lipinski definition) is 4. The van der Waals surface area contributed by atoms with Crippen molar-refractivity contribution in [3.8, 4) is 5.75 Å². The molecule has 0 unspecified atom stereocenters. The molecule has 0 radical (unpaired) electrons. The number of aryl methyl sites for hydroxylation is 2. The zero-order valence-corrected chi connectivity index (χ0v) is 13.1. The minimum Gasteiger partial charge on any atom is -0.497 e. The van der Waals surface area contributed by atoms with Crippen LogP contribution in [0.5, 0.6) is 5.75 Å². The second kappa shape index (κ2) is 5.65. The van der Waals surface area contributed by atoms with E-state index in [9.17, 15) is 13.2 Å². The largest absolute Gasteiger partial charge is 0.497 e. The van der Waals surface area contributed by atoms with E-state index < -0.39 is 21.9 Å². The molecule has 1 saturated heterocycles. The van der Waals surface area contributed by atoms with Crippen LogP contribution < -0.4 is 4.74 Å². The molecule has 0 bridgehead atoms. The van der Waals surface area contributed by atoms with Crippen LogP contribution >= 0.6 is 0 Å². The fraction of sp³-hybridized carbons (Fsp3) is 0.500. The molecular weight excluding hydrogens is 294 g/mol. The van der Waals surface area contributed by atoms with Crippen molar-refractivity contribution in [2.45, 2.75) is 25.2 Å². The Morgan fingerprint density at radius 1 is 1.33 bits per heavy atom. The van der Waals surface area contributed by atoms with Crippen molar-refractivity contribution in [2.24, 2.45) is 5.92 Å². The lowest BCUT2D eigenvalue weighted by atomic mass is 10.1. The molecule has 116 valence electrons. The maximum absolute atomic E-state index is 12.7. The topological polar surface area (TPSA) is 83.9 Å². The summed E-state index contributed by atoms with van der Waals surface area (Å²) in [7, 11) is -2.15. The Morgan fingerprint density at radius 3 is 2.33 bits per heavy atom. The van der Waals surface area contributed by atoms with Crippen LogP contribution in [0.4, 0.5) is 0 Å². The van der Waals surface area contributed by atoms with Crippen LogP contribution in [0.25, 0.3) is 0 Å². The minimum absolute atomic E-state index is 0.0303. The molecule has 1 aliphatic heterocycles. The summed E-state index contributed by atoms with van der Waals surface area (Å²) in [6.07, 6.45) is 0.350. The van der Waals surface area contributed by atoms with Crippen LogP contribution in [0, 0.1) is 19.8 Å². The molecule has 1 aromatic rings. The molecular formula is C14H19NO5S. The first-order valence-electron chi connectivity index (χ1n) is 6.65. The molecule has 1 heterocycles. The Bertz CT molecular complexity index is 645. The van der Waals surface area contributed by atoms with Gasteiger partial charge in [0.25, 0.3) is 0 Å². The predicted octanol–water partition coefficient (Wildman–Crippen LogP) is 1.41. The summed E-state index contributed by atoms with van der Waals surface area (Å²) in [5, 5.41) is 9.01. The first-order valence-corrected chi connectivity index (χ1v) is 8.09. The summed E-state index contributed by atoms with van der Waals surface area (Å²) in [5.41, 5.74) is 1.20. The van der Waals surface area contributed by atoms with Gasteiger partial charge in [0.1, 0.15) is 5.75 Å². The lowest BCUT2D eigenvalue weighted by molar-refractivity contribution is -0.141. The molecule has 0 spiro atoms. The van der Waals surface area contributed by atoms with E-state index in [1.807, 2.05) is 0 Å². The van der Waals surface area contributed by atoms with Gasteiger partial charge in [0.2, 0.25) is 10.0 Å². The molecule has 1 atom stereocenters. The number of carboxylic acids is 1. The third-order valence-corrected chi connectivity index (χ3v) is 5.94. The van der Waals surface area contributed by atoms with Crippen molar-refractivity contribution in [3.63, 3.8) is 0 Å². The van der Waals surface area contributed by atoms with Gasteiger partial charge in [0, 0.05) is 13.1 Å². The number of ether oxygens (including phenoxy) is 1. The first-order chi connectivity index (χ1) is 9.77. The molecule has 0 amide bonds. The summed E-state index contributed by atoms with van der Waals surface area (Å²) in [5.74, 6) is -0.969. The van der Waals surface area contributed by atoms with Gasteiger partial charge in [-0.25, -0.2) is 8.42 Å². The zero-order chi connectivity index (χ0) is 15.8. The van der Waals surface area contributed by atoms with Crippen molar-refractivity contribution in [1.82, 2.24) is 4.31 Å². The van der Waals surface area contributed by atoms with E-state index in [-0.39, 0.29) is 18.0 Å². The van der Waals surface area contributed by atoms with Gasteiger partial charge < -0.3 is 9.84 Å². The van der Waals surface area contributed by atoms with Gasteiger partial charge in [0.05, 0.1) is 17.9 Å². The number of benzene rings is 1. The Labute approximate surface area is 124 Å². The quantitative estimate of drug-likeness (QED) is 0.908. The Hall–Kier alpha value is -1.60. The summed E-state index contributed by atoms with van der Waals surface area (Å²) >= 11 is 0. The molecule has 21 heavy (non-hydrogen) atoms. The third-order valence-electron chi connectivity index (χ3n) is 3.77. The molecule has 2 rings (SSSR count). The molecule has 0 saturated carbocycles. The number of carbonyl (C=O) groups is 1. The van der Waals surface area contributed by atoms with E-state index >= 15 is 0 Å². The number of hydrogen-bond donors (Lipinski definition) is 1. The van der Waals surface area contributed by atoms with E-state index in [1.165, 1.54) is 11.4 Å². The first kappa shape index (κ1) is 15.8. The number of rotatable bonds is 4. The summed E-state index contributed by atoms with van der Waals surface area (Å²) < 4.78 is 31.9. The lowest BCUT2D eigenvalue weighted by Crippen LogP contribution is -2.31. The van der Waals surface area contributed by atoms with Gasteiger partial charge in [-0.15, -0.1) is 0 Å². The van der Waals surface area contributed by atoms with Crippen LogP contribution in [0.2, 0.25) is 0 Å². The van der Waals surface area contributed by atoms with Crippen molar-refractivity contribution in [3.05, 3.63) is 23.3 Å². The monoisotopic (exact) mass is 313 g/mol. The van der Waals surface area contributed by atoms with Gasteiger partial charge in [0.15, 0.2) is 0 Å². The second-order valence-electron chi connectivity index (χ2n) is 5.28. The zero-order valence-electron chi connectivity index (χ0n) is 12.3. The van der Waals surface area contributed by atoms with Crippen molar-refractivity contribution in [1.29, 1.82) is 0 Å². The van der Waals surface area contributed by atoms with Crippen molar-refractivity contribution < 1.29 is 23.1 Å². The predicted molar refractivity (Wildman–Crippen MR) is 77.0 cm³/mol. The van der Waals surface area contributed by atoms with Gasteiger partial charge in [-0.05, 0) is 43.5 Å². The molecule has 1 aromatic carbocycles. The SMILES string of the molecule is COc1cc(C)c(S(=O)(=O)N2CC[C@H](C(=O)O)C2)c(C)c1. The molecule has 1 N–H and O–H groups in total. The molecule has 7 heteroatoms. The minimum atomic E-state index is -3.68. The normalized spacial score (nSPS) is 19.7. The van der Waals surface area contributed by atoms with E-state index in [0.29, 0.717) is 23.3 Å². The molecule has 1 aliphatic rings. The number of methoxy groups -OCH3 is 1. The number of aliphatic carboxylic acids is 1. The summed E-state index contributed by atoms with van der Waals surface area (Å²) in [6, 6.07) is 3.34. The lowest BCUT2D eigenvalue weighted by Gasteiger charge is -2.20. The Morgan fingerprint density at radius 2 is 1.90 bits per heavy atom. The van der Waals surface area contributed by atoms with Gasteiger partial charge >= 0.3 is 5.97 Å². The average Bonchev–Trinajstić information content (AvgIpc) is 2.87. The summed E-state index contributed by atoms with van der Waals surface area (Å²) in [6.45, 7) is 3.70. The smallest absolute Gasteiger partial charge is 0.307 e. The number of sulfonamides is 1. The highest BCUT2D eigenvalue weighted by atomic mass is 32.2. The molecule has 1 fully saturated rings. The van der Waals surface area contributed by atoms with Gasteiger partial charge in [-0.3, -0.25) is 4.79 Å². The van der Waals surface area contributed by atoms with E-state index in [0.717, 1.165) is 0 Å². The van der Waals surface area contributed by atoms with E-state index in [2.05, 4.69) is 0 Å². The van der Waals surface area contributed by atoms with Gasteiger partial charge in [-0.1, -0.05) is 0 Å². The van der Waals surface area contributed by atoms with Crippen LogP contribution in [0.15, 0.2) is 17.0 Å². The summed E-state index contributed by atoms with van der Waals surface area (Å²) in [4.78, 5) is 11.2. The molecule has 0 aliphatic carbocycles. The highest BCUT2D eigenvalue weighted by Gasteiger charge is 2.37. The van der Waals surface area contributed by atoms with Crippen LogP contribution in [-0.4, -0.2) is 44.0 Å².